The van der Waals surface area contributed by atoms with Gasteiger partial charge < -0.3 is 10.1 Å². The van der Waals surface area contributed by atoms with E-state index in [1.807, 2.05) is 0 Å². The number of hydrogen-bond acceptors (Lipinski definition) is 6. The monoisotopic (exact) mass is 280 g/mol. The largest absolute Gasteiger partial charge is 0.461 e. The van der Waals surface area contributed by atoms with E-state index in [-0.39, 0.29) is 17.3 Å². The number of esters is 1. The van der Waals surface area contributed by atoms with E-state index < -0.39 is 11.9 Å². The van der Waals surface area contributed by atoms with Crippen LogP contribution in [0.3, 0.4) is 0 Å². The van der Waals surface area contributed by atoms with Crippen molar-refractivity contribution >= 4 is 29.0 Å². The van der Waals surface area contributed by atoms with Gasteiger partial charge in [0, 0.05) is 24.7 Å². The van der Waals surface area contributed by atoms with Crippen molar-refractivity contribution in [1.82, 2.24) is 14.8 Å². The van der Waals surface area contributed by atoms with Crippen molar-refractivity contribution in [1.29, 1.82) is 0 Å². The molecule has 0 fully saturated rings. The van der Waals surface area contributed by atoms with E-state index in [4.69, 9.17) is 4.74 Å². The molecular formula is C11H12N4O3S. The normalized spacial score (nSPS) is 10.2. The molecule has 0 aliphatic heterocycles. The van der Waals surface area contributed by atoms with Gasteiger partial charge in [-0.3, -0.25) is 9.48 Å². The Morgan fingerprint density at radius 2 is 2.32 bits per heavy atom. The molecular weight excluding hydrogens is 268 g/mol. The Kier molecular flexibility index (Phi) is 3.91. The molecule has 2 aromatic heterocycles. The molecule has 2 rings (SSSR count). The lowest BCUT2D eigenvalue weighted by Crippen LogP contribution is -2.13. The Morgan fingerprint density at radius 1 is 1.53 bits per heavy atom. The van der Waals surface area contributed by atoms with Gasteiger partial charge in [-0.25, -0.2) is 9.78 Å². The number of nitrogens with one attached hydrogen (secondary N) is 1. The van der Waals surface area contributed by atoms with Crippen molar-refractivity contribution in [2.45, 2.75) is 6.92 Å². The minimum absolute atomic E-state index is 0.160. The molecule has 0 atom stereocenters. The lowest BCUT2D eigenvalue weighted by molar-refractivity contribution is 0.0526. The summed E-state index contributed by atoms with van der Waals surface area (Å²) in [5.41, 5.74) is 0.165. The van der Waals surface area contributed by atoms with Gasteiger partial charge in [0.2, 0.25) is 5.01 Å². The van der Waals surface area contributed by atoms with E-state index in [9.17, 15) is 9.59 Å². The zero-order valence-corrected chi connectivity index (χ0v) is 11.2. The molecule has 0 unspecified atom stereocenters. The second kappa shape index (κ2) is 5.61. The van der Waals surface area contributed by atoms with Gasteiger partial charge in [0.1, 0.15) is 5.69 Å². The van der Waals surface area contributed by atoms with Crippen LogP contribution in [-0.4, -0.2) is 33.2 Å². The van der Waals surface area contributed by atoms with Crippen LogP contribution in [0.1, 0.15) is 27.2 Å². The Hall–Kier alpha value is -2.22. The van der Waals surface area contributed by atoms with E-state index in [1.165, 1.54) is 5.38 Å². The third-order valence-electron chi connectivity index (χ3n) is 2.14. The summed E-state index contributed by atoms with van der Waals surface area (Å²) in [6.45, 7) is 1.98. The summed E-state index contributed by atoms with van der Waals surface area (Å²) in [6, 6.07) is 1.66. The number of aromatic nitrogens is 3. The van der Waals surface area contributed by atoms with Crippen LogP contribution in [-0.2, 0) is 11.8 Å². The Morgan fingerprint density at radius 3 is 2.95 bits per heavy atom. The first kappa shape index (κ1) is 13.2. The second-order valence-corrected chi connectivity index (χ2v) is 4.45. The molecule has 0 saturated carbocycles. The van der Waals surface area contributed by atoms with Crippen LogP contribution < -0.4 is 5.32 Å². The summed E-state index contributed by atoms with van der Waals surface area (Å²) in [6.07, 6.45) is 1.71. The lowest BCUT2D eigenvalue weighted by Gasteiger charge is -1.98. The number of hydrogen-bond donors (Lipinski definition) is 1. The molecule has 8 heteroatoms. The van der Waals surface area contributed by atoms with Crippen LogP contribution in [0, 0.1) is 0 Å². The average molecular weight is 280 g/mol. The molecule has 2 aromatic rings. The highest BCUT2D eigenvalue weighted by Crippen LogP contribution is 2.12. The molecule has 2 heterocycles. The molecule has 0 radical (unpaired) electrons. The molecule has 0 aromatic carbocycles. The number of thiazole rings is 1. The van der Waals surface area contributed by atoms with Gasteiger partial charge >= 0.3 is 5.97 Å². The van der Waals surface area contributed by atoms with Crippen molar-refractivity contribution in [3.63, 3.8) is 0 Å². The number of carbonyl (C=O) groups excluding carboxylic acids is 2. The third-order valence-corrected chi connectivity index (χ3v) is 2.96. The summed E-state index contributed by atoms with van der Waals surface area (Å²) in [4.78, 5) is 27.2. The molecule has 1 N–H and O–H groups in total. The van der Waals surface area contributed by atoms with Crippen molar-refractivity contribution in [3.05, 3.63) is 28.3 Å². The second-order valence-electron chi connectivity index (χ2n) is 3.59. The van der Waals surface area contributed by atoms with Crippen LogP contribution in [0.4, 0.5) is 5.82 Å². The van der Waals surface area contributed by atoms with E-state index >= 15 is 0 Å². The van der Waals surface area contributed by atoms with Gasteiger partial charge in [-0.1, -0.05) is 0 Å². The Bertz CT molecular complexity index is 605. The SMILES string of the molecule is CCOC(=O)c1nc(C(=O)Nc2ccn(C)n2)cs1. The van der Waals surface area contributed by atoms with Crippen molar-refractivity contribution in [3.8, 4) is 0 Å². The lowest BCUT2D eigenvalue weighted by atomic mass is 10.4. The van der Waals surface area contributed by atoms with Gasteiger partial charge in [0.25, 0.3) is 5.91 Å². The molecule has 0 aliphatic carbocycles. The van der Waals surface area contributed by atoms with Crippen LogP contribution in [0.25, 0.3) is 0 Å². The number of aryl methyl sites for hydroxylation is 1. The van der Waals surface area contributed by atoms with Crippen LogP contribution in [0.5, 0.6) is 0 Å². The predicted molar refractivity (Wildman–Crippen MR) is 69.2 cm³/mol. The summed E-state index contributed by atoms with van der Waals surface area (Å²) >= 11 is 1.07. The first-order chi connectivity index (χ1) is 9.10. The van der Waals surface area contributed by atoms with E-state index in [0.29, 0.717) is 5.82 Å². The van der Waals surface area contributed by atoms with Crippen LogP contribution >= 0.6 is 11.3 Å². The van der Waals surface area contributed by atoms with Gasteiger partial charge in [0.15, 0.2) is 5.82 Å². The maximum Gasteiger partial charge on any atom is 0.367 e. The maximum atomic E-state index is 11.8. The number of nitrogens with zero attached hydrogens (tertiary/aromatic N) is 3. The predicted octanol–water partition coefficient (Wildman–Crippen LogP) is 1.31. The first-order valence-electron chi connectivity index (χ1n) is 5.53. The standard InChI is InChI=1S/C11H12N4O3S/c1-3-18-11(17)10-12-7(6-19-10)9(16)13-8-4-5-15(2)14-8/h4-6H,3H2,1-2H3,(H,13,14,16). The fourth-order valence-electron chi connectivity index (χ4n) is 1.33. The fourth-order valence-corrected chi connectivity index (χ4v) is 2.02. The minimum Gasteiger partial charge on any atom is -0.461 e. The molecule has 0 bridgehead atoms. The maximum absolute atomic E-state index is 11.8. The zero-order chi connectivity index (χ0) is 13.8. The van der Waals surface area contributed by atoms with Crippen molar-refractivity contribution < 1.29 is 14.3 Å². The zero-order valence-electron chi connectivity index (χ0n) is 10.4. The van der Waals surface area contributed by atoms with Gasteiger partial charge in [-0.2, -0.15) is 5.10 Å². The Labute approximate surface area is 113 Å². The Balaban J connectivity index is 2.06. The van der Waals surface area contributed by atoms with Crippen LogP contribution in [0.15, 0.2) is 17.6 Å². The number of rotatable bonds is 4. The molecule has 0 spiro atoms. The van der Waals surface area contributed by atoms with Gasteiger partial charge in [-0.05, 0) is 6.92 Å². The van der Waals surface area contributed by atoms with E-state index in [1.54, 1.807) is 30.9 Å². The van der Waals surface area contributed by atoms with E-state index in [0.717, 1.165) is 11.3 Å². The van der Waals surface area contributed by atoms with Crippen molar-refractivity contribution in [2.24, 2.45) is 7.05 Å². The van der Waals surface area contributed by atoms with Gasteiger partial charge in [-0.15, -0.1) is 11.3 Å². The third kappa shape index (κ3) is 3.16. The number of anilines is 1. The highest BCUT2D eigenvalue weighted by atomic mass is 32.1. The fraction of sp³-hybridized carbons (Fsp3) is 0.273. The summed E-state index contributed by atoms with van der Waals surface area (Å²) < 4.78 is 6.37. The van der Waals surface area contributed by atoms with Crippen LogP contribution in [0.2, 0.25) is 0 Å². The summed E-state index contributed by atoms with van der Waals surface area (Å²) in [5.74, 6) is -0.506. The molecule has 19 heavy (non-hydrogen) atoms. The average Bonchev–Trinajstić information content (AvgIpc) is 2.98. The highest BCUT2D eigenvalue weighted by molar-refractivity contribution is 7.11. The summed E-state index contributed by atoms with van der Waals surface area (Å²) in [7, 11) is 1.75. The quantitative estimate of drug-likeness (QED) is 0.853. The number of ether oxygens (including phenoxy) is 1. The molecule has 7 nitrogen and oxygen atoms in total. The molecule has 0 aliphatic rings. The number of amides is 1. The minimum atomic E-state index is -0.524. The number of carbonyl (C=O) groups is 2. The summed E-state index contributed by atoms with van der Waals surface area (Å²) in [5, 5.41) is 8.27. The van der Waals surface area contributed by atoms with Gasteiger partial charge in [0.05, 0.1) is 6.61 Å². The molecule has 1 amide bonds. The highest BCUT2D eigenvalue weighted by Gasteiger charge is 2.16. The first-order valence-corrected chi connectivity index (χ1v) is 6.41. The topological polar surface area (TPSA) is 86.1 Å². The smallest absolute Gasteiger partial charge is 0.367 e. The van der Waals surface area contributed by atoms with Crippen molar-refractivity contribution in [2.75, 3.05) is 11.9 Å². The molecule has 0 saturated heterocycles. The molecule has 100 valence electrons. The van der Waals surface area contributed by atoms with E-state index in [2.05, 4.69) is 15.4 Å².